The number of aliphatic hydroxyl groups excluding tert-OH is 1. The van der Waals surface area contributed by atoms with Crippen molar-refractivity contribution in [2.75, 3.05) is 21.3 Å². The smallest absolute Gasteiger partial charge is 0.273 e. The van der Waals surface area contributed by atoms with E-state index in [0.717, 1.165) is 0 Å². The van der Waals surface area contributed by atoms with E-state index >= 15 is 0 Å². The lowest BCUT2D eigenvalue weighted by Gasteiger charge is -2.39. The van der Waals surface area contributed by atoms with Crippen LogP contribution in [0.15, 0.2) is 46.0 Å². The molecule has 0 radical (unpaired) electrons. The van der Waals surface area contributed by atoms with Crippen LogP contribution < -0.4 is 18.9 Å². The fourth-order valence-corrected chi connectivity index (χ4v) is 5.56. The van der Waals surface area contributed by atoms with Gasteiger partial charge in [-0.1, -0.05) is 31.7 Å². The molecular weight excluding hydrogens is 448 g/mol. The summed E-state index contributed by atoms with van der Waals surface area (Å²) >= 11 is 4.11. The Balaban J connectivity index is 1.79. The third-order valence-electron chi connectivity index (χ3n) is 6.90. The van der Waals surface area contributed by atoms with Gasteiger partial charge in [0.15, 0.2) is 11.2 Å². The minimum Gasteiger partial charge on any atom is -0.497 e. The number of benzene rings is 2. The summed E-state index contributed by atoms with van der Waals surface area (Å²) in [7, 11) is 4.59. The van der Waals surface area contributed by atoms with Gasteiger partial charge in [-0.05, 0) is 17.7 Å². The molecule has 2 heterocycles. The van der Waals surface area contributed by atoms with Crippen LogP contribution in [-0.2, 0) is 11.2 Å². The van der Waals surface area contributed by atoms with Gasteiger partial charge < -0.3 is 33.6 Å². The van der Waals surface area contributed by atoms with Crippen LogP contribution in [0.1, 0.15) is 29.9 Å². The SMILES string of the molecule is COc1ccc(C23Oc4cc(OC)cc(OC)c4[C@]2(O)[C@H](O)[C@H](c2nnc(S)o2)[C@H]3C)cc1. The number of thiol groups is 1. The average molecular weight is 473 g/mol. The average Bonchev–Trinajstić information content (AvgIpc) is 3.42. The molecule has 2 aromatic carbocycles. The maximum atomic E-state index is 12.4. The number of aromatic nitrogens is 2. The quantitative estimate of drug-likeness (QED) is 0.482. The molecule has 1 saturated carbocycles. The van der Waals surface area contributed by atoms with Crippen molar-refractivity contribution in [2.24, 2.45) is 5.92 Å². The zero-order valence-corrected chi connectivity index (χ0v) is 19.4. The van der Waals surface area contributed by atoms with Gasteiger partial charge in [0.05, 0.1) is 32.8 Å². The highest BCUT2D eigenvalue weighted by Gasteiger charge is 2.76. The van der Waals surface area contributed by atoms with Crippen molar-refractivity contribution in [1.82, 2.24) is 10.2 Å². The molecule has 2 aliphatic rings. The van der Waals surface area contributed by atoms with Crippen LogP contribution in [0, 0.1) is 5.92 Å². The lowest BCUT2D eigenvalue weighted by atomic mass is 9.73. The number of ether oxygens (including phenoxy) is 4. The second-order valence-corrected chi connectivity index (χ2v) is 8.60. The van der Waals surface area contributed by atoms with Crippen LogP contribution >= 0.6 is 12.6 Å². The fourth-order valence-electron chi connectivity index (χ4n) is 5.42. The van der Waals surface area contributed by atoms with Crippen LogP contribution in [-0.4, -0.2) is 47.8 Å². The van der Waals surface area contributed by atoms with E-state index in [4.69, 9.17) is 23.4 Å². The van der Waals surface area contributed by atoms with Crippen LogP contribution in [0.5, 0.6) is 23.0 Å². The Morgan fingerprint density at radius 3 is 2.27 bits per heavy atom. The van der Waals surface area contributed by atoms with E-state index in [0.29, 0.717) is 34.1 Å². The Morgan fingerprint density at radius 1 is 1.00 bits per heavy atom. The van der Waals surface area contributed by atoms with Crippen molar-refractivity contribution in [3.05, 3.63) is 53.4 Å². The molecule has 0 spiro atoms. The molecule has 5 rings (SSSR count). The molecule has 10 heteroatoms. The highest BCUT2D eigenvalue weighted by Crippen LogP contribution is 2.69. The van der Waals surface area contributed by atoms with Gasteiger partial charge >= 0.3 is 0 Å². The van der Waals surface area contributed by atoms with Crippen LogP contribution in [0.2, 0.25) is 0 Å². The summed E-state index contributed by atoms with van der Waals surface area (Å²) in [5.41, 5.74) is -2.35. The first-order chi connectivity index (χ1) is 15.8. The Hall–Kier alpha value is -2.95. The Kier molecular flexibility index (Phi) is 5.00. The number of rotatable bonds is 5. The normalized spacial score (nSPS) is 29.8. The van der Waals surface area contributed by atoms with Crippen molar-refractivity contribution in [1.29, 1.82) is 0 Å². The Morgan fingerprint density at radius 2 is 1.70 bits per heavy atom. The zero-order chi connectivity index (χ0) is 23.5. The Labute approximate surface area is 195 Å². The van der Waals surface area contributed by atoms with Gasteiger partial charge in [-0.3, -0.25) is 0 Å². The summed E-state index contributed by atoms with van der Waals surface area (Å²) in [4.78, 5) is 0. The van der Waals surface area contributed by atoms with Crippen LogP contribution in [0.4, 0.5) is 0 Å². The lowest BCUT2D eigenvalue weighted by Crippen LogP contribution is -2.52. The van der Waals surface area contributed by atoms with Crippen molar-refractivity contribution in [3.63, 3.8) is 0 Å². The molecule has 5 atom stereocenters. The van der Waals surface area contributed by atoms with Gasteiger partial charge in [-0.2, -0.15) is 0 Å². The van der Waals surface area contributed by atoms with Gasteiger partial charge in [0.25, 0.3) is 5.22 Å². The van der Waals surface area contributed by atoms with E-state index in [1.165, 1.54) is 14.2 Å². The first-order valence-corrected chi connectivity index (χ1v) is 10.8. The van der Waals surface area contributed by atoms with Gasteiger partial charge in [-0.25, -0.2) is 0 Å². The highest BCUT2D eigenvalue weighted by molar-refractivity contribution is 7.80. The molecule has 0 amide bonds. The molecule has 174 valence electrons. The predicted octanol–water partition coefficient (Wildman–Crippen LogP) is 2.65. The second-order valence-electron chi connectivity index (χ2n) is 8.22. The van der Waals surface area contributed by atoms with E-state index in [1.54, 1.807) is 31.4 Å². The van der Waals surface area contributed by atoms with Gasteiger partial charge in [0, 0.05) is 18.1 Å². The fraction of sp³-hybridized carbons (Fsp3) is 0.391. The van der Waals surface area contributed by atoms with Crippen molar-refractivity contribution in [2.45, 2.75) is 35.4 Å². The third-order valence-corrected chi connectivity index (χ3v) is 7.08. The lowest BCUT2D eigenvalue weighted by molar-refractivity contribution is -0.155. The van der Waals surface area contributed by atoms with Gasteiger partial charge in [-0.15, -0.1) is 10.2 Å². The highest BCUT2D eigenvalue weighted by atomic mass is 32.1. The number of nitrogens with zero attached hydrogens (tertiary/aromatic N) is 2. The number of hydrogen-bond donors (Lipinski definition) is 3. The molecule has 1 aliphatic heterocycles. The molecule has 0 saturated heterocycles. The largest absolute Gasteiger partial charge is 0.497 e. The molecule has 1 aromatic heterocycles. The standard InChI is InChI=1S/C23H24N2O7S/c1-11-17(20-24-25-21(33)31-20)19(26)22(27)18-15(30-4)9-14(29-3)10-16(18)32-23(11,22)12-5-7-13(28-2)8-6-12/h5-11,17,19,26-27H,1-4H3,(H,25,33)/t11-,17-,19-,22+,23?/m1/s1. The molecule has 1 fully saturated rings. The Bertz CT molecular complexity index is 1200. The number of fused-ring (bicyclic) bond motifs is 3. The maximum Gasteiger partial charge on any atom is 0.273 e. The molecular formula is C23H24N2O7S. The number of methoxy groups -OCH3 is 3. The first-order valence-electron chi connectivity index (χ1n) is 10.3. The number of hydrogen-bond acceptors (Lipinski definition) is 10. The molecule has 33 heavy (non-hydrogen) atoms. The molecule has 2 N–H and O–H groups in total. The molecule has 3 aromatic rings. The van der Waals surface area contributed by atoms with E-state index < -0.39 is 29.1 Å². The van der Waals surface area contributed by atoms with Gasteiger partial charge in [0.2, 0.25) is 5.89 Å². The molecule has 1 aliphatic carbocycles. The third kappa shape index (κ3) is 2.74. The van der Waals surface area contributed by atoms with E-state index in [-0.39, 0.29) is 11.1 Å². The van der Waals surface area contributed by atoms with Crippen molar-refractivity contribution < 1.29 is 33.6 Å². The minimum absolute atomic E-state index is 0.0654. The molecule has 0 bridgehead atoms. The summed E-state index contributed by atoms with van der Waals surface area (Å²) in [5, 5.41) is 32.0. The summed E-state index contributed by atoms with van der Waals surface area (Å²) in [6.07, 6.45) is -1.37. The van der Waals surface area contributed by atoms with E-state index in [1.807, 2.05) is 19.1 Å². The maximum absolute atomic E-state index is 12.4. The minimum atomic E-state index is -1.91. The predicted molar refractivity (Wildman–Crippen MR) is 118 cm³/mol. The van der Waals surface area contributed by atoms with Gasteiger partial charge in [0.1, 0.15) is 29.1 Å². The zero-order valence-electron chi connectivity index (χ0n) is 18.5. The summed E-state index contributed by atoms with van der Waals surface area (Å²) in [6.45, 7) is 1.87. The second kappa shape index (κ2) is 7.54. The first kappa shape index (κ1) is 21.9. The van der Waals surface area contributed by atoms with Crippen molar-refractivity contribution >= 4 is 12.6 Å². The number of aliphatic hydroxyl groups is 2. The van der Waals surface area contributed by atoms with E-state index in [9.17, 15) is 10.2 Å². The van der Waals surface area contributed by atoms with Crippen LogP contribution in [0.3, 0.4) is 0 Å². The van der Waals surface area contributed by atoms with E-state index in [2.05, 4.69) is 22.8 Å². The van der Waals surface area contributed by atoms with Crippen molar-refractivity contribution in [3.8, 4) is 23.0 Å². The molecule has 1 unspecified atom stereocenters. The van der Waals surface area contributed by atoms with Crippen LogP contribution in [0.25, 0.3) is 0 Å². The summed E-state index contributed by atoms with van der Waals surface area (Å²) < 4.78 is 28.4. The summed E-state index contributed by atoms with van der Waals surface area (Å²) in [6, 6.07) is 10.5. The molecule has 9 nitrogen and oxygen atoms in total. The summed E-state index contributed by atoms with van der Waals surface area (Å²) in [5.74, 6) is 0.729. The topological polar surface area (TPSA) is 116 Å². The monoisotopic (exact) mass is 472 g/mol.